The van der Waals surface area contributed by atoms with E-state index in [1.54, 1.807) is 12.1 Å². The maximum Gasteiger partial charge on any atom is 0.258 e. The van der Waals surface area contributed by atoms with Crippen molar-refractivity contribution >= 4 is 22.6 Å². The van der Waals surface area contributed by atoms with Gasteiger partial charge in [-0.3, -0.25) is 0 Å². The van der Waals surface area contributed by atoms with Crippen LogP contribution in [-0.4, -0.2) is 25.1 Å². The van der Waals surface area contributed by atoms with E-state index in [0.717, 1.165) is 28.7 Å². The zero-order valence-electron chi connectivity index (χ0n) is 12.3. The lowest BCUT2D eigenvalue weighted by molar-refractivity contribution is 0.432. The molecular weight excluding hydrogens is 314 g/mol. The van der Waals surface area contributed by atoms with Crippen molar-refractivity contribution in [3.63, 3.8) is 0 Å². The van der Waals surface area contributed by atoms with Crippen molar-refractivity contribution in [1.29, 1.82) is 0 Å². The van der Waals surface area contributed by atoms with E-state index in [1.807, 2.05) is 41.9 Å². The van der Waals surface area contributed by atoms with Gasteiger partial charge < -0.3 is 4.52 Å². The Labute approximate surface area is 136 Å². The molecule has 0 saturated carbocycles. The lowest BCUT2D eigenvalue weighted by Crippen LogP contribution is -1.95. The van der Waals surface area contributed by atoms with Crippen molar-refractivity contribution < 1.29 is 4.52 Å². The lowest BCUT2D eigenvalue weighted by Gasteiger charge is -1.97. The van der Waals surface area contributed by atoms with Gasteiger partial charge in [0, 0.05) is 22.7 Å². The van der Waals surface area contributed by atoms with E-state index >= 15 is 0 Å². The van der Waals surface area contributed by atoms with Gasteiger partial charge in [-0.25, -0.2) is 4.68 Å². The van der Waals surface area contributed by atoms with Gasteiger partial charge in [-0.05, 0) is 49.4 Å². The number of hydrogen-bond donors (Lipinski definition) is 0. The quantitative estimate of drug-likeness (QED) is 0.572. The van der Waals surface area contributed by atoms with Crippen molar-refractivity contribution in [2.45, 2.75) is 13.5 Å². The molecule has 0 N–H and O–H groups in total. The second-order valence-corrected chi connectivity index (χ2v) is 5.48. The smallest absolute Gasteiger partial charge is 0.258 e. The van der Waals surface area contributed by atoms with Gasteiger partial charge in [0.15, 0.2) is 0 Å². The van der Waals surface area contributed by atoms with Crippen LogP contribution in [0.15, 0.2) is 47.0 Å². The summed E-state index contributed by atoms with van der Waals surface area (Å²) in [4.78, 5) is 4.44. The SMILES string of the molecule is CCn1nnc2cc(-c3noc(-c4ccc(Cl)cc4)n3)ccc21. The fourth-order valence-corrected chi connectivity index (χ4v) is 2.52. The number of hydrogen-bond acceptors (Lipinski definition) is 5. The van der Waals surface area contributed by atoms with Crippen LogP contribution in [0.1, 0.15) is 6.92 Å². The predicted molar refractivity (Wildman–Crippen MR) is 86.9 cm³/mol. The second-order valence-electron chi connectivity index (χ2n) is 5.04. The average Bonchev–Trinajstić information content (AvgIpc) is 3.21. The van der Waals surface area contributed by atoms with Crippen LogP contribution in [0.2, 0.25) is 5.02 Å². The van der Waals surface area contributed by atoms with E-state index in [2.05, 4.69) is 20.5 Å². The van der Waals surface area contributed by atoms with E-state index in [4.69, 9.17) is 16.1 Å². The minimum absolute atomic E-state index is 0.453. The van der Waals surface area contributed by atoms with Gasteiger partial charge in [0.2, 0.25) is 5.82 Å². The third kappa shape index (κ3) is 2.47. The molecule has 0 atom stereocenters. The molecule has 7 heteroatoms. The minimum Gasteiger partial charge on any atom is -0.334 e. The minimum atomic E-state index is 0.453. The summed E-state index contributed by atoms with van der Waals surface area (Å²) in [5.74, 6) is 0.969. The maximum atomic E-state index is 5.89. The van der Waals surface area contributed by atoms with Gasteiger partial charge in [0.1, 0.15) is 5.52 Å². The van der Waals surface area contributed by atoms with Crippen molar-refractivity contribution in [2.24, 2.45) is 0 Å². The highest BCUT2D eigenvalue weighted by molar-refractivity contribution is 6.30. The van der Waals surface area contributed by atoms with E-state index in [-0.39, 0.29) is 0 Å². The van der Waals surface area contributed by atoms with Crippen LogP contribution in [0.5, 0.6) is 0 Å². The lowest BCUT2D eigenvalue weighted by atomic mass is 10.2. The molecule has 0 spiro atoms. The molecule has 6 nitrogen and oxygen atoms in total. The molecule has 2 aromatic heterocycles. The number of rotatable bonds is 3. The van der Waals surface area contributed by atoms with Gasteiger partial charge in [-0.1, -0.05) is 22.0 Å². The van der Waals surface area contributed by atoms with Crippen molar-refractivity contribution in [1.82, 2.24) is 25.1 Å². The van der Waals surface area contributed by atoms with Crippen LogP contribution in [0.25, 0.3) is 33.9 Å². The molecule has 0 fully saturated rings. The Balaban J connectivity index is 1.72. The summed E-state index contributed by atoms with van der Waals surface area (Å²) in [7, 11) is 0. The summed E-state index contributed by atoms with van der Waals surface area (Å²) in [5, 5.41) is 13.0. The van der Waals surface area contributed by atoms with Gasteiger partial charge >= 0.3 is 0 Å². The third-order valence-electron chi connectivity index (χ3n) is 3.59. The molecule has 2 aromatic carbocycles. The van der Waals surface area contributed by atoms with Crippen LogP contribution in [0.4, 0.5) is 0 Å². The first-order chi connectivity index (χ1) is 11.2. The Morgan fingerprint density at radius 1 is 1.09 bits per heavy atom. The molecule has 0 amide bonds. The summed E-state index contributed by atoms with van der Waals surface area (Å²) < 4.78 is 7.18. The first-order valence-corrected chi connectivity index (χ1v) is 7.55. The number of aryl methyl sites for hydroxylation is 1. The Kier molecular flexibility index (Phi) is 3.31. The number of aromatic nitrogens is 5. The summed E-state index contributed by atoms with van der Waals surface area (Å²) in [6, 6.07) is 13.1. The molecule has 0 aliphatic heterocycles. The molecule has 0 radical (unpaired) electrons. The molecule has 0 aliphatic rings. The van der Waals surface area contributed by atoms with Crippen LogP contribution in [0.3, 0.4) is 0 Å². The van der Waals surface area contributed by atoms with Gasteiger partial charge in [0.05, 0.1) is 5.52 Å². The molecular formula is C16H12ClN5O. The van der Waals surface area contributed by atoms with Gasteiger partial charge in [0.25, 0.3) is 5.89 Å². The van der Waals surface area contributed by atoms with Crippen molar-refractivity contribution in [2.75, 3.05) is 0 Å². The molecule has 23 heavy (non-hydrogen) atoms. The maximum absolute atomic E-state index is 5.89. The monoisotopic (exact) mass is 325 g/mol. The molecule has 2 heterocycles. The third-order valence-corrected chi connectivity index (χ3v) is 3.84. The highest BCUT2D eigenvalue weighted by Gasteiger charge is 2.12. The summed E-state index contributed by atoms with van der Waals surface area (Å²) >= 11 is 5.89. The molecule has 114 valence electrons. The average molecular weight is 326 g/mol. The fraction of sp³-hybridized carbons (Fsp3) is 0.125. The first kappa shape index (κ1) is 13.9. The molecule has 4 rings (SSSR count). The zero-order valence-corrected chi connectivity index (χ0v) is 13.0. The zero-order chi connectivity index (χ0) is 15.8. The van der Waals surface area contributed by atoms with E-state index in [0.29, 0.717) is 16.7 Å². The highest BCUT2D eigenvalue weighted by atomic mass is 35.5. The number of fused-ring (bicyclic) bond motifs is 1. The number of nitrogens with zero attached hydrogens (tertiary/aromatic N) is 5. The Bertz CT molecular complexity index is 974. The summed E-state index contributed by atoms with van der Waals surface area (Å²) in [6.07, 6.45) is 0. The molecule has 0 saturated heterocycles. The van der Waals surface area contributed by atoms with Crippen LogP contribution in [0, 0.1) is 0 Å². The number of benzene rings is 2. The summed E-state index contributed by atoms with van der Waals surface area (Å²) in [6.45, 7) is 2.80. The first-order valence-electron chi connectivity index (χ1n) is 7.18. The Morgan fingerprint density at radius 2 is 1.87 bits per heavy atom. The van der Waals surface area contributed by atoms with Crippen LogP contribution in [-0.2, 0) is 6.54 Å². The Morgan fingerprint density at radius 3 is 2.65 bits per heavy atom. The van der Waals surface area contributed by atoms with Gasteiger partial charge in [-0.2, -0.15) is 4.98 Å². The standard InChI is InChI=1S/C16H12ClN5O/c1-2-22-14-8-5-11(9-13(14)19-21-22)15-18-16(23-20-15)10-3-6-12(17)7-4-10/h3-9H,2H2,1H3. The Hall–Kier alpha value is -2.73. The number of halogens is 1. The highest BCUT2D eigenvalue weighted by Crippen LogP contribution is 2.25. The van der Waals surface area contributed by atoms with E-state index in [9.17, 15) is 0 Å². The topological polar surface area (TPSA) is 69.6 Å². The van der Waals surface area contributed by atoms with E-state index < -0.39 is 0 Å². The normalized spacial score (nSPS) is 11.2. The molecule has 0 unspecified atom stereocenters. The van der Waals surface area contributed by atoms with E-state index in [1.165, 1.54) is 0 Å². The van der Waals surface area contributed by atoms with Crippen molar-refractivity contribution in [3.8, 4) is 22.8 Å². The van der Waals surface area contributed by atoms with Gasteiger partial charge in [-0.15, -0.1) is 5.10 Å². The molecule has 0 aliphatic carbocycles. The largest absolute Gasteiger partial charge is 0.334 e. The predicted octanol–water partition coefficient (Wildman–Crippen LogP) is 3.82. The van der Waals surface area contributed by atoms with Crippen molar-refractivity contribution in [3.05, 3.63) is 47.5 Å². The molecule has 0 bridgehead atoms. The fourth-order valence-electron chi connectivity index (χ4n) is 2.40. The summed E-state index contributed by atoms with van der Waals surface area (Å²) in [5.41, 5.74) is 3.45. The second kappa shape index (κ2) is 5.48. The van der Waals surface area contributed by atoms with Crippen LogP contribution >= 0.6 is 11.6 Å². The molecule has 4 aromatic rings. The van der Waals surface area contributed by atoms with Crippen LogP contribution < -0.4 is 0 Å².